The molecule has 1 aliphatic rings. The maximum Gasteiger partial charge on any atom is 0.267 e. The van der Waals surface area contributed by atoms with Gasteiger partial charge in [0.15, 0.2) is 0 Å². The number of anilines is 1. The number of imidazole rings is 1. The van der Waals surface area contributed by atoms with Gasteiger partial charge in [-0.1, -0.05) is 18.2 Å². The predicted molar refractivity (Wildman–Crippen MR) is 132 cm³/mol. The first-order valence-electron chi connectivity index (χ1n) is 11.4. The molecule has 2 amide bonds. The van der Waals surface area contributed by atoms with E-state index < -0.39 is 0 Å². The minimum absolute atomic E-state index is 0.0702. The van der Waals surface area contributed by atoms with Gasteiger partial charge in [0.25, 0.3) is 5.91 Å². The van der Waals surface area contributed by atoms with Crippen LogP contribution in [0.15, 0.2) is 67.0 Å². The van der Waals surface area contributed by atoms with E-state index in [9.17, 15) is 9.59 Å². The molecule has 1 atom stereocenters. The molecule has 4 aromatic rings. The minimum Gasteiger partial charge on any atom is -0.351 e. The van der Waals surface area contributed by atoms with Crippen LogP contribution in [0.2, 0.25) is 0 Å². The number of aromatic nitrogens is 3. The van der Waals surface area contributed by atoms with E-state index >= 15 is 0 Å². The van der Waals surface area contributed by atoms with Gasteiger partial charge in [0.05, 0.1) is 6.54 Å². The zero-order chi connectivity index (χ0) is 23.7. The maximum absolute atomic E-state index is 12.7. The number of fused-ring (bicyclic) bond motifs is 1. The number of aromatic amines is 1. The molecule has 3 heterocycles. The van der Waals surface area contributed by atoms with Crippen molar-refractivity contribution < 1.29 is 9.59 Å². The first kappa shape index (κ1) is 21.9. The molecule has 1 fully saturated rings. The summed E-state index contributed by atoms with van der Waals surface area (Å²) in [5, 5.41) is 3.98. The highest BCUT2D eigenvalue weighted by molar-refractivity contribution is 5.98. The summed E-state index contributed by atoms with van der Waals surface area (Å²) in [6.45, 7) is 1.78. The highest BCUT2D eigenvalue weighted by Crippen LogP contribution is 2.26. The Morgan fingerprint density at radius 2 is 1.91 bits per heavy atom. The van der Waals surface area contributed by atoms with Crippen LogP contribution in [0.3, 0.4) is 0 Å². The van der Waals surface area contributed by atoms with Crippen molar-refractivity contribution in [2.45, 2.75) is 13.0 Å². The number of carbonyl (C=O) groups excluding carboxylic acids is 2. The van der Waals surface area contributed by atoms with Crippen LogP contribution < -0.4 is 10.2 Å². The maximum atomic E-state index is 12.7. The van der Waals surface area contributed by atoms with Gasteiger partial charge in [-0.25, -0.2) is 4.98 Å². The molecule has 1 aliphatic heterocycles. The zero-order valence-electron chi connectivity index (χ0n) is 19.4. The van der Waals surface area contributed by atoms with Crippen LogP contribution in [0.1, 0.15) is 22.7 Å². The molecule has 8 nitrogen and oxygen atoms in total. The smallest absolute Gasteiger partial charge is 0.267 e. The van der Waals surface area contributed by atoms with Crippen LogP contribution >= 0.6 is 0 Å². The number of amides is 2. The Hall–Kier alpha value is -3.91. The van der Waals surface area contributed by atoms with Gasteiger partial charge >= 0.3 is 0 Å². The number of nitrogens with zero attached hydrogens (tertiary/aromatic N) is 4. The fourth-order valence-electron chi connectivity index (χ4n) is 4.46. The molecule has 5 rings (SSSR count). The minimum atomic E-state index is -0.152. The second-order valence-electron chi connectivity index (χ2n) is 9.02. The molecule has 0 spiro atoms. The van der Waals surface area contributed by atoms with Crippen molar-refractivity contribution in [1.82, 2.24) is 24.8 Å². The first-order chi connectivity index (χ1) is 16.5. The third-order valence-electron chi connectivity index (χ3n) is 6.15. The Morgan fingerprint density at radius 3 is 2.68 bits per heavy atom. The van der Waals surface area contributed by atoms with E-state index in [0.717, 1.165) is 34.6 Å². The van der Waals surface area contributed by atoms with Crippen molar-refractivity contribution in [1.29, 1.82) is 0 Å². The number of benzene rings is 2. The third kappa shape index (κ3) is 4.45. The van der Waals surface area contributed by atoms with Crippen molar-refractivity contribution in [3.05, 3.63) is 78.5 Å². The SMILES string of the molecule is CN(C)Cc1nccn1-c1ccc(N2CC(CNC(=O)c3cc4ccccc4[nH]3)CC2=O)cc1. The van der Waals surface area contributed by atoms with Gasteiger partial charge in [-0.2, -0.15) is 0 Å². The number of carbonyl (C=O) groups is 2. The summed E-state index contributed by atoms with van der Waals surface area (Å²) < 4.78 is 2.05. The van der Waals surface area contributed by atoms with E-state index in [1.807, 2.05) is 74.9 Å². The van der Waals surface area contributed by atoms with Gasteiger partial charge < -0.3 is 24.7 Å². The predicted octanol–water partition coefficient (Wildman–Crippen LogP) is 3.20. The second kappa shape index (κ2) is 9.15. The van der Waals surface area contributed by atoms with Crippen LogP contribution in [-0.4, -0.2) is 58.4 Å². The second-order valence-corrected chi connectivity index (χ2v) is 9.02. The third-order valence-corrected chi connectivity index (χ3v) is 6.15. The van der Waals surface area contributed by atoms with E-state index in [2.05, 4.69) is 24.8 Å². The number of para-hydroxylation sites is 1. The van der Waals surface area contributed by atoms with Gasteiger partial charge in [-0.3, -0.25) is 9.59 Å². The Morgan fingerprint density at radius 1 is 1.15 bits per heavy atom. The zero-order valence-corrected chi connectivity index (χ0v) is 19.4. The van der Waals surface area contributed by atoms with E-state index in [0.29, 0.717) is 25.2 Å². The molecule has 0 aliphatic carbocycles. The Labute approximate surface area is 198 Å². The monoisotopic (exact) mass is 456 g/mol. The normalized spacial score (nSPS) is 16.0. The number of hydrogen-bond donors (Lipinski definition) is 2. The lowest BCUT2D eigenvalue weighted by Crippen LogP contribution is -2.31. The molecule has 2 N–H and O–H groups in total. The summed E-state index contributed by atoms with van der Waals surface area (Å²) in [6.07, 6.45) is 4.16. The molecular formula is C26H28N6O2. The Kier molecular flexibility index (Phi) is 5.90. The molecule has 8 heteroatoms. The van der Waals surface area contributed by atoms with Gasteiger partial charge in [-0.05, 0) is 50.5 Å². The summed E-state index contributed by atoms with van der Waals surface area (Å²) in [6, 6.07) is 17.6. The van der Waals surface area contributed by atoms with Crippen molar-refractivity contribution >= 4 is 28.4 Å². The summed E-state index contributed by atoms with van der Waals surface area (Å²) >= 11 is 0. The molecule has 0 radical (unpaired) electrons. The van der Waals surface area contributed by atoms with Crippen LogP contribution in [0.4, 0.5) is 5.69 Å². The fourth-order valence-corrected chi connectivity index (χ4v) is 4.46. The van der Waals surface area contributed by atoms with Crippen LogP contribution in [-0.2, 0) is 11.3 Å². The molecule has 0 saturated carbocycles. The molecule has 2 aromatic carbocycles. The van der Waals surface area contributed by atoms with Gasteiger partial charge in [0.1, 0.15) is 11.5 Å². The molecule has 0 bridgehead atoms. The highest BCUT2D eigenvalue weighted by Gasteiger charge is 2.31. The number of H-pyrrole nitrogens is 1. The van der Waals surface area contributed by atoms with Crippen LogP contribution in [0.5, 0.6) is 0 Å². The largest absolute Gasteiger partial charge is 0.351 e. The number of rotatable bonds is 7. The average molecular weight is 457 g/mol. The van der Waals surface area contributed by atoms with Gasteiger partial charge in [-0.15, -0.1) is 0 Å². The number of hydrogen-bond acceptors (Lipinski definition) is 4. The topological polar surface area (TPSA) is 86.3 Å². The summed E-state index contributed by atoms with van der Waals surface area (Å²) in [5.41, 5.74) is 3.34. The molecule has 174 valence electrons. The van der Waals surface area contributed by atoms with E-state index in [4.69, 9.17) is 0 Å². The van der Waals surface area contributed by atoms with Crippen molar-refractivity contribution in [2.75, 3.05) is 32.1 Å². The number of nitrogens with one attached hydrogen (secondary N) is 2. The lowest BCUT2D eigenvalue weighted by atomic mass is 10.1. The molecule has 34 heavy (non-hydrogen) atoms. The van der Waals surface area contributed by atoms with Crippen molar-refractivity contribution in [3.8, 4) is 5.69 Å². The molecule has 1 saturated heterocycles. The van der Waals surface area contributed by atoms with E-state index in [1.54, 1.807) is 11.1 Å². The standard InChI is InChI=1S/C26H28N6O2/c1-30(2)17-24-27-11-12-31(24)20-7-9-21(10-8-20)32-16-18(13-25(32)33)15-28-26(34)23-14-19-5-3-4-6-22(19)29-23/h3-12,14,18,29H,13,15-17H2,1-2H3,(H,28,34). The summed E-state index contributed by atoms with van der Waals surface area (Å²) in [7, 11) is 4.03. The summed E-state index contributed by atoms with van der Waals surface area (Å²) in [5.74, 6) is 0.954. The first-order valence-corrected chi connectivity index (χ1v) is 11.4. The van der Waals surface area contributed by atoms with E-state index in [-0.39, 0.29) is 17.7 Å². The van der Waals surface area contributed by atoms with Gasteiger partial charge in [0, 0.05) is 60.1 Å². The van der Waals surface area contributed by atoms with E-state index in [1.165, 1.54) is 0 Å². The van der Waals surface area contributed by atoms with Gasteiger partial charge in [0.2, 0.25) is 5.91 Å². The molecule has 2 aromatic heterocycles. The molecular weight excluding hydrogens is 428 g/mol. The van der Waals surface area contributed by atoms with Crippen LogP contribution in [0, 0.1) is 5.92 Å². The van der Waals surface area contributed by atoms with Crippen molar-refractivity contribution in [3.63, 3.8) is 0 Å². The lowest BCUT2D eigenvalue weighted by Gasteiger charge is -2.18. The quantitative estimate of drug-likeness (QED) is 0.447. The Bertz CT molecular complexity index is 1290. The highest BCUT2D eigenvalue weighted by atomic mass is 16.2. The fraction of sp³-hybridized carbons (Fsp3) is 0.269. The molecule has 1 unspecified atom stereocenters. The Balaban J connectivity index is 1.21. The lowest BCUT2D eigenvalue weighted by molar-refractivity contribution is -0.117. The summed E-state index contributed by atoms with van der Waals surface area (Å²) in [4.78, 5) is 36.8. The van der Waals surface area contributed by atoms with Crippen LogP contribution in [0.25, 0.3) is 16.6 Å². The average Bonchev–Trinajstić information content (AvgIpc) is 3.55. The van der Waals surface area contributed by atoms with Crippen molar-refractivity contribution in [2.24, 2.45) is 5.92 Å².